The number of aromatic nitrogens is 1. The van der Waals surface area contributed by atoms with Crippen LogP contribution in [0.3, 0.4) is 0 Å². The fourth-order valence-electron chi connectivity index (χ4n) is 3.15. The summed E-state index contributed by atoms with van der Waals surface area (Å²) < 4.78 is 10.5. The molecule has 0 bridgehead atoms. The molecule has 0 radical (unpaired) electrons. The summed E-state index contributed by atoms with van der Waals surface area (Å²) in [6, 6.07) is 3.63. The van der Waals surface area contributed by atoms with Crippen molar-refractivity contribution in [2.75, 3.05) is 50.8 Å². The van der Waals surface area contributed by atoms with Gasteiger partial charge in [-0.1, -0.05) is 0 Å². The molecule has 8 heteroatoms. The maximum absolute atomic E-state index is 12.2. The van der Waals surface area contributed by atoms with Gasteiger partial charge in [-0.05, 0) is 31.9 Å². The first-order valence-electron chi connectivity index (χ1n) is 9.20. The molecule has 0 aromatic carbocycles. The number of hydrogen-bond donors (Lipinski definition) is 1. The molecule has 2 aliphatic rings. The molecule has 1 aromatic rings. The Morgan fingerprint density at radius 2 is 2.12 bits per heavy atom. The Hall–Kier alpha value is -2.35. The topological polar surface area (TPSA) is 84.0 Å². The number of piperazine rings is 1. The van der Waals surface area contributed by atoms with E-state index in [0.717, 1.165) is 25.3 Å². The van der Waals surface area contributed by atoms with Crippen LogP contribution in [0.1, 0.15) is 30.1 Å². The first kappa shape index (κ1) is 18.4. The number of amides is 2. The fraction of sp³-hybridized carbons (Fsp3) is 0.611. The van der Waals surface area contributed by atoms with E-state index in [0.29, 0.717) is 44.9 Å². The van der Waals surface area contributed by atoms with Crippen molar-refractivity contribution in [2.45, 2.75) is 25.9 Å². The van der Waals surface area contributed by atoms with Crippen LogP contribution in [0, 0.1) is 0 Å². The predicted molar refractivity (Wildman–Crippen MR) is 96.4 cm³/mol. The second-order valence-electron chi connectivity index (χ2n) is 6.42. The SMILES string of the molecule is CCOC(=O)N1CCN(c2ccc(C(=O)NCC3CCCO3)cn2)CC1. The maximum atomic E-state index is 12.2. The molecule has 1 atom stereocenters. The van der Waals surface area contributed by atoms with E-state index in [1.807, 2.05) is 6.07 Å². The number of pyridine rings is 1. The number of nitrogens with one attached hydrogen (secondary N) is 1. The standard InChI is InChI=1S/C18H26N4O4/c1-2-25-18(24)22-9-7-21(8-10-22)16-6-5-14(12-19-16)17(23)20-13-15-4-3-11-26-15/h5-6,12,15H,2-4,7-11,13H2,1H3,(H,20,23). The Kier molecular flexibility index (Phi) is 6.27. The third-order valence-corrected chi connectivity index (χ3v) is 4.65. The van der Waals surface area contributed by atoms with E-state index >= 15 is 0 Å². The minimum atomic E-state index is -0.265. The van der Waals surface area contributed by atoms with Crippen molar-refractivity contribution in [3.05, 3.63) is 23.9 Å². The van der Waals surface area contributed by atoms with Crippen molar-refractivity contribution >= 4 is 17.8 Å². The number of nitrogens with zero attached hydrogens (tertiary/aromatic N) is 3. The van der Waals surface area contributed by atoms with Crippen LogP contribution in [0.25, 0.3) is 0 Å². The summed E-state index contributed by atoms with van der Waals surface area (Å²) in [7, 11) is 0. The number of carbonyl (C=O) groups excluding carboxylic acids is 2. The molecule has 0 spiro atoms. The largest absolute Gasteiger partial charge is 0.450 e. The molecule has 0 saturated carbocycles. The summed E-state index contributed by atoms with van der Waals surface area (Å²) in [6.07, 6.45) is 3.51. The van der Waals surface area contributed by atoms with E-state index in [9.17, 15) is 9.59 Å². The Morgan fingerprint density at radius 1 is 1.31 bits per heavy atom. The van der Waals surface area contributed by atoms with E-state index < -0.39 is 0 Å². The van der Waals surface area contributed by atoms with E-state index in [1.165, 1.54) is 0 Å². The quantitative estimate of drug-likeness (QED) is 0.849. The average Bonchev–Trinajstić information content (AvgIpc) is 3.20. The predicted octanol–water partition coefficient (Wildman–Crippen LogP) is 1.27. The van der Waals surface area contributed by atoms with Gasteiger partial charge in [-0.25, -0.2) is 9.78 Å². The van der Waals surface area contributed by atoms with Crippen LogP contribution in [0.5, 0.6) is 0 Å². The summed E-state index contributed by atoms with van der Waals surface area (Å²) in [5.74, 6) is 0.677. The molecule has 2 fully saturated rings. The number of rotatable bonds is 5. The molecule has 3 heterocycles. The monoisotopic (exact) mass is 362 g/mol. The lowest BCUT2D eigenvalue weighted by molar-refractivity contribution is 0.0857. The lowest BCUT2D eigenvalue weighted by Gasteiger charge is -2.34. The van der Waals surface area contributed by atoms with Gasteiger partial charge >= 0.3 is 6.09 Å². The molecular weight excluding hydrogens is 336 g/mol. The third kappa shape index (κ3) is 4.63. The smallest absolute Gasteiger partial charge is 0.409 e. The van der Waals surface area contributed by atoms with Crippen LogP contribution >= 0.6 is 0 Å². The molecule has 142 valence electrons. The molecule has 2 saturated heterocycles. The van der Waals surface area contributed by atoms with Gasteiger partial charge in [0.2, 0.25) is 0 Å². The zero-order valence-corrected chi connectivity index (χ0v) is 15.1. The zero-order valence-electron chi connectivity index (χ0n) is 15.1. The second-order valence-corrected chi connectivity index (χ2v) is 6.42. The Bertz CT molecular complexity index is 608. The highest BCUT2D eigenvalue weighted by Crippen LogP contribution is 2.15. The van der Waals surface area contributed by atoms with Gasteiger partial charge in [0.25, 0.3) is 5.91 Å². The zero-order chi connectivity index (χ0) is 18.4. The van der Waals surface area contributed by atoms with Crippen LogP contribution in [-0.2, 0) is 9.47 Å². The lowest BCUT2D eigenvalue weighted by Crippen LogP contribution is -2.49. The molecule has 2 amide bonds. The first-order valence-corrected chi connectivity index (χ1v) is 9.20. The van der Waals surface area contributed by atoms with Gasteiger partial charge < -0.3 is 24.6 Å². The molecule has 1 aromatic heterocycles. The molecule has 8 nitrogen and oxygen atoms in total. The van der Waals surface area contributed by atoms with Crippen molar-refractivity contribution in [1.29, 1.82) is 0 Å². The van der Waals surface area contributed by atoms with Gasteiger partial charge in [0, 0.05) is 45.5 Å². The average molecular weight is 362 g/mol. The summed E-state index contributed by atoms with van der Waals surface area (Å²) in [6.45, 7) is 6.09. The van der Waals surface area contributed by atoms with Gasteiger partial charge in [0.15, 0.2) is 0 Å². The minimum absolute atomic E-state index is 0.127. The van der Waals surface area contributed by atoms with E-state index in [1.54, 1.807) is 24.1 Å². The number of hydrogen-bond acceptors (Lipinski definition) is 6. The Balaban J connectivity index is 1.48. The molecule has 0 aliphatic carbocycles. The van der Waals surface area contributed by atoms with Gasteiger partial charge in [0.05, 0.1) is 18.3 Å². The summed E-state index contributed by atoms with van der Waals surface area (Å²) in [4.78, 5) is 32.1. The number of anilines is 1. The van der Waals surface area contributed by atoms with Crippen molar-refractivity contribution < 1.29 is 19.1 Å². The molecular formula is C18H26N4O4. The lowest BCUT2D eigenvalue weighted by atomic mass is 10.2. The maximum Gasteiger partial charge on any atom is 0.409 e. The van der Waals surface area contributed by atoms with Crippen molar-refractivity contribution in [3.8, 4) is 0 Å². The molecule has 1 unspecified atom stereocenters. The molecule has 2 aliphatic heterocycles. The molecule has 1 N–H and O–H groups in total. The first-order chi connectivity index (χ1) is 12.7. The fourth-order valence-corrected chi connectivity index (χ4v) is 3.15. The summed E-state index contributed by atoms with van der Waals surface area (Å²) >= 11 is 0. The van der Waals surface area contributed by atoms with Crippen LogP contribution in [-0.4, -0.2) is 73.9 Å². The second kappa shape index (κ2) is 8.84. The number of ether oxygens (including phenoxy) is 2. The van der Waals surface area contributed by atoms with Crippen LogP contribution in [0.15, 0.2) is 18.3 Å². The van der Waals surface area contributed by atoms with Gasteiger partial charge in [0.1, 0.15) is 5.82 Å². The highest BCUT2D eigenvalue weighted by molar-refractivity contribution is 5.94. The Morgan fingerprint density at radius 3 is 2.73 bits per heavy atom. The van der Waals surface area contributed by atoms with Crippen LogP contribution < -0.4 is 10.2 Å². The van der Waals surface area contributed by atoms with Crippen molar-refractivity contribution in [3.63, 3.8) is 0 Å². The highest BCUT2D eigenvalue weighted by atomic mass is 16.6. The van der Waals surface area contributed by atoms with Gasteiger partial charge in [-0.3, -0.25) is 4.79 Å². The van der Waals surface area contributed by atoms with Crippen LogP contribution in [0.4, 0.5) is 10.6 Å². The van der Waals surface area contributed by atoms with Gasteiger partial charge in [-0.15, -0.1) is 0 Å². The van der Waals surface area contributed by atoms with E-state index in [-0.39, 0.29) is 18.1 Å². The molecule has 3 rings (SSSR count). The third-order valence-electron chi connectivity index (χ3n) is 4.65. The number of carbonyl (C=O) groups is 2. The van der Waals surface area contributed by atoms with E-state index in [4.69, 9.17) is 9.47 Å². The van der Waals surface area contributed by atoms with Crippen LogP contribution in [0.2, 0.25) is 0 Å². The highest BCUT2D eigenvalue weighted by Gasteiger charge is 2.23. The minimum Gasteiger partial charge on any atom is -0.450 e. The Labute approximate surface area is 153 Å². The van der Waals surface area contributed by atoms with Crippen molar-refractivity contribution in [2.24, 2.45) is 0 Å². The normalized spacial score (nSPS) is 20.1. The van der Waals surface area contributed by atoms with E-state index in [2.05, 4.69) is 15.2 Å². The molecule has 26 heavy (non-hydrogen) atoms. The van der Waals surface area contributed by atoms with Crippen molar-refractivity contribution in [1.82, 2.24) is 15.2 Å². The summed E-state index contributed by atoms with van der Waals surface area (Å²) in [5.41, 5.74) is 0.539. The summed E-state index contributed by atoms with van der Waals surface area (Å²) in [5, 5.41) is 2.89. The van der Waals surface area contributed by atoms with Gasteiger partial charge in [-0.2, -0.15) is 0 Å².